The Kier molecular flexibility index (Phi) is 6.10. The van der Waals surface area contributed by atoms with Gasteiger partial charge in [0, 0.05) is 0 Å². The summed E-state index contributed by atoms with van der Waals surface area (Å²) < 4.78 is 10.9. The third-order valence-corrected chi connectivity index (χ3v) is 9.72. The van der Waals surface area contributed by atoms with Crippen LogP contribution < -0.4 is 20.9 Å². The van der Waals surface area contributed by atoms with Crippen molar-refractivity contribution < 1.29 is 19.1 Å². The smallest absolute Gasteiger partial charge is 0.225 e. The molecule has 4 atom stereocenters. The minimum absolute atomic E-state index is 0.0306. The first-order valence-electron chi connectivity index (χ1n) is 13.1. The Morgan fingerprint density at radius 1 is 0.943 bits per heavy atom. The van der Waals surface area contributed by atoms with Crippen molar-refractivity contribution in [2.24, 2.45) is 39.5 Å². The number of methoxy groups -OCH3 is 2. The Bertz CT molecular complexity index is 1030. The highest BCUT2D eigenvalue weighted by Crippen LogP contribution is 2.81. The number of ether oxygens (including phenoxy) is 2. The van der Waals surface area contributed by atoms with Crippen LogP contribution in [0, 0.1) is 28.1 Å². The summed E-state index contributed by atoms with van der Waals surface area (Å²) in [7, 11) is 3.19. The van der Waals surface area contributed by atoms with E-state index in [4.69, 9.17) is 20.9 Å². The summed E-state index contributed by atoms with van der Waals surface area (Å²) in [6, 6.07) is 5.69. The van der Waals surface area contributed by atoms with Crippen molar-refractivity contribution in [1.29, 1.82) is 0 Å². The summed E-state index contributed by atoms with van der Waals surface area (Å²) in [5, 5.41) is 0. The molecular formula is C28H39N3O4. The molecule has 1 aliphatic heterocycles. The molecule has 1 aromatic rings. The maximum atomic E-state index is 13.6. The number of unbranched alkanes of at least 4 members (excludes halogenated alkanes) is 1. The molecule has 2 saturated carbocycles. The Labute approximate surface area is 208 Å². The van der Waals surface area contributed by atoms with Crippen molar-refractivity contribution >= 4 is 11.8 Å². The number of allylic oxidation sites excluding steroid dienone is 2. The highest BCUT2D eigenvalue weighted by molar-refractivity contribution is 5.95. The Balaban J connectivity index is 1.52. The first-order chi connectivity index (χ1) is 16.9. The number of nitrogens with two attached hydrogens (primary N) is 2. The van der Waals surface area contributed by atoms with Crippen LogP contribution in [0.3, 0.4) is 0 Å². The molecule has 1 spiro atoms. The molecule has 0 aromatic heterocycles. The largest absolute Gasteiger partial charge is 0.493 e. The van der Waals surface area contributed by atoms with Gasteiger partial charge in [-0.1, -0.05) is 24.6 Å². The number of primary amides is 2. The van der Waals surface area contributed by atoms with Gasteiger partial charge in [0.05, 0.1) is 25.0 Å². The molecule has 5 rings (SSSR count). The van der Waals surface area contributed by atoms with E-state index < -0.39 is 16.7 Å². The average molecular weight is 482 g/mol. The summed E-state index contributed by atoms with van der Waals surface area (Å²) >= 11 is 0. The monoisotopic (exact) mass is 481 g/mol. The number of carbonyl (C=O) groups is 2. The molecular weight excluding hydrogens is 442 g/mol. The van der Waals surface area contributed by atoms with E-state index in [0.29, 0.717) is 24.3 Å². The first kappa shape index (κ1) is 24.2. The van der Waals surface area contributed by atoms with E-state index in [1.165, 1.54) is 12.8 Å². The predicted molar refractivity (Wildman–Crippen MR) is 134 cm³/mol. The van der Waals surface area contributed by atoms with Crippen molar-refractivity contribution in [2.75, 3.05) is 33.9 Å². The average Bonchev–Trinajstić information content (AvgIpc) is 3.21. The summed E-state index contributed by atoms with van der Waals surface area (Å²) in [5.41, 5.74) is 11.4. The van der Waals surface area contributed by atoms with Gasteiger partial charge < -0.3 is 25.8 Å². The normalized spacial score (nSPS) is 32.3. The van der Waals surface area contributed by atoms with Crippen LogP contribution in [0.15, 0.2) is 30.4 Å². The summed E-state index contributed by atoms with van der Waals surface area (Å²) in [6.45, 7) is 3.34. The van der Waals surface area contributed by atoms with E-state index in [9.17, 15) is 9.59 Å². The number of rotatable bonds is 11. The lowest BCUT2D eigenvalue weighted by atomic mass is 9.53. The molecule has 1 aromatic carbocycles. The van der Waals surface area contributed by atoms with E-state index in [-0.39, 0.29) is 23.2 Å². The van der Waals surface area contributed by atoms with Gasteiger partial charge >= 0.3 is 0 Å². The van der Waals surface area contributed by atoms with Crippen LogP contribution in [0.5, 0.6) is 11.5 Å². The van der Waals surface area contributed by atoms with Gasteiger partial charge in [-0.2, -0.15) is 0 Å². The first-order valence-corrected chi connectivity index (χ1v) is 13.1. The maximum absolute atomic E-state index is 13.6. The molecule has 3 fully saturated rings. The predicted octanol–water partition coefficient (Wildman–Crippen LogP) is 3.05. The zero-order chi connectivity index (χ0) is 24.8. The van der Waals surface area contributed by atoms with Crippen molar-refractivity contribution in [3.8, 4) is 11.5 Å². The zero-order valence-corrected chi connectivity index (χ0v) is 21.1. The van der Waals surface area contributed by atoms with Crippen LogP contribution in [-0.2, 0) is 16.0 Å². The molecule has 3 aliphatic carbocycles. The van der Waals surface area contributed by atoms with Crippen LogP contribution in [0.2, 0.25) is 0 Å². The van der Waals surface area contributed by atoms with Crippen molar-refractivity contribution in [1.82, 2.24) is 4.90 Å². The molecule has 2 amide bonds. The Morgan fingerprint density at radius 2 is 1.57 bits per heavy atom. The third-order valence-electron chi connectivity index (χ3n) is 9.72. The van der Waals surface area contributed by atoms with Gasteiger partial charge in [-0.25, -0.2) is 0 Å². The molecule has 0 unspecified atom stereocenters. The van der Waals surface area contributed by atoms with Crippen molar-refractivity contribution in [3.05, 3.63) is 35.9 Å². The minimum Gasteiger partial charge on any atom is -0.493 e. The van der Waals surface area contributed by atoms with E-state index in [0.717, 1.165) is 50.9 Å². The molecule has 2 bridgehead atoms. The maximum Gasteiger partial charge on any atom is 0.225 e. The molecule has 4 N–H and O–H groups in total. The Hall–Kier alpha value is -2.54. The number of carbonyl (C=O) groups excluding carboxylic acids is 2. The van der Waals surface area contributed by atoms with Crippen LogP contribution in [0.1, 0.15) is 50.5 Å². The number of nitrogens with zero attached hydrogens (tertiary/aromatic N) is 1. The lowest BCUT2D eigenvalue weighted by Crippen LogP contribution is -2.60. The van der Waals surface area contributed by atoms with E-state index in [2.05, 4.69) is 17.1 Å². The second-order valence-corrected chi connectivity index (χ2v) is 11.1. The van der Waals surface area contributed by atoms with E-state index in [1.807, 2.05) is 18.2 Å². The molecule has 1 heterocycles. The molecule has 35 heavy (non-hydrogen) atoms. The lowest BCUT2D eigenvalue weighted by molar-refractivity contribution is -0.151. The molecule has 1 saturated heterocycles. The molecule has 4 aliphatic rings. The van der Waals surface area contributed by atoms with Crippen molar-refractivity contribution in [2.45, 2.75) is 51.4 Å². The van der Waals surface area contributed by atoms with Crippen LogP contribution in [-0.4, -0.2) is 50.6 Å². The quantitative estimate of drug-likeness (QED) is 0.373. The van der Waals surface area contributed by atoms with E-state index in [1.54, 1.807) is 14.2 Å². The number of likely N-dealkylation sites (tertiary alicyclic amines) is 1. The van der Waals surface area contributed by atoms with Crippen LogP contribution in [0.25, 0.3) is 0 Å². The van der Waals surface area contributed by atoms with Gasteiger partial charge in [-0.15, -0.1) is 0 Å². The number of amides is 2. The fourth-order valence-electron chi connectivity index (χ4n) is 8.09. The number of benzene rings is 1. The second kappa shape index (κ2) is 8.84. The topological polar surface area (TPSA) is 108 Å². The lowest BCUT2D eigenvalue weighted by Gasteiger charge is -2.48. The number of hydrogen-bond acceptors (Lipinski definition) is 5. The van der Waals surface area contributed by atoms with Gasteiger partial charge in [-0.05, 0) is 99.5 Å². The molecule has 7 heteroatoms. The zero-order valence-electron chi connectivity index (χ0n) is 21.1. The van der Waals surface area contributed by atoms with Gasteiger partial charge in [0.2, 0.25) is 11.8 Å². The van der Waals surface area contributed by atoms with Gasteiger partial charge in [0.1, 0.15) is 0 Å². The highest BCUT2D eigenvalue weighted by Gasteiger charge is 2.81. The third kappa shape index (κ3) is 3.41. The molecule has 190 valence electrons. The molecule has 7 nitrogen and oxygen atoms in total. The fourth-order valence-corrected chi connectivity index (χ4v) is 8.09. The SMILES string of the molecule is COc1ccc(C[C@@]2(C(N)=O)[C@H]3C=C[C@H](C34CC4)[C@@]2(CCCCN2CCCC2)C(N)=O)cc1OC. The van der Waals surface area contributed by atoms with E-state index >= 15 is 0 Å². The summed E-state index contributed by atoms with van der Waals surface area (Å²) in [5.74, 6) is 0.335. The minimum atomic E-state index is -1.05. The highest BCUT2D eigenvalue weighted by atomic mass is 16.5. The van der Waals surface area contributed by atoms with Crippen LogP contribution in [0.4, 0.5) is 0 Å². The number of hydrogen-bond donors (Lipinski definition) is 2. The van der Waals surface area contributed by atoms with Gasteiger partial charge in [-0.3, -0.25) is 9.59 Å². The second-order valence-electron chi connectivity index (χ2n) is 11.1. The van der Waals surface area contributed by atoms with Crippen LogP contribution >= 0.6 is 0 Å². The van der Waals surface area contributed by atoms with Crippen molar-refractivity contribution in [3.63, 3.8) is 0 Å². The fraction of sp³-hybridized carbons (Fsp3) is 0.643. The van der Waals surface area contributed by atoms with Gasteiger partial charge in [0.25, 0.3) is 0 Å². The standard InChI is InChI=1S/C28H39N3O4/c1-34-20-8-7-19(17-21(20)35-2)18-28(25(30)33)23-10-9-22(26(23)12-13-26)27(28,24(29)32)11-3-4-14-31-15-5-6-16-31/h7-10,17,22-23H,3-6,11-16,18H2,1-2H3,(H2,29,32)(H2,30,33)/t22-,23+,27+,28+/m1/s1. The van der Waals surface area contributed by atoms with Gasteiger partial charge in [0.15, 0.2) is 11.5 Å². The summed E-state index contributed by atoms with van der Waals surface area (Å²) in [6.07, 6.45) is 11.7. The molecule has 0 radical (unpaired) electrons. The Morgan fingerprint density at radius 3 is 2.14 bits per heavy atom. The summed E-state index contributed by atoms with van der Waals surface area (Å²) in [4.78, 5) is 29.6.